The minimum atomic E-state index is -0.216. The van der Waals surface area contributed by atoms with Crippen LogP contribution in [0.2, 0.25) is 0 Å². The molecular weight excluding hydrogens is 374 g/mol. The highest BCUT2D eigenvalue weighted by molar-refractivity contribution is 5.97. The quantitative estimate of drug-likeness (QED) is 0.497. The number of benzene rings is 1. The summed E-state index contributed by atoms with van der Waals surface area (Å²) in [4.78, 5) is 26.9. The highest BCUT2D eigenvalue weighted by Crippen LogP contribution is 2.28. The van der Waals surface area contributed by atoms with E-state index in [0.717, 1.165) is 6.54 Å². The number of piperidine rings is 1. The van der Waals surface area contributed by atoms with Crippen LogP contribution in [0, 0.1) is 0 Å². The summed E-state index contributed by atoms with van der Waals surface area (Å²) in [5.74, 6) is 1.01. The third-order valence-corrected chi connectivity index (χ3v) is 5.12. The van der Waals surface area contributed by atoms with E-state index in [1.807, 2.05) is 17.1 Å². The van der Waals surface area contributed by atoms with Crippen molar-refractivity contribution in [1.29, 1.82) is 0 Å². The van der Waals surface area contributed by atoms with Gasteiger partial charge in [0.1, 0.15) is 23.6 Å². The molecule has 0 radical (unpaired) electrons. The van der Waals surface area contributed by atoms with Gasteiger partial charge < -0.3 is 24.4 Å². The normalized spacial score (nSPS) is 19.2. The van der Waals surface area contributed by atoms with Gasteiger partial charge >= 0.3 is 0 Å². The molecule has 0 aliphatic carbocycles. The first-order chi connectivity index (χ1) is 14.1. The van der Waals surface area contributed by atoms with E-state index >= 15 is 0 Å². The third-order valence-electron chi connectivity index (χ3n) is 5.12. The second-order valence-corrected chi connectivity index (χ2v) is 7.07. The van der Waals surface area contributed by atoms with Crippen molar-refractivity contribution in [2.24, 2.45) is 0 Å². The molecule has 3 rings (SSSR count). The number of carbonyl (C=O) groups excluding carboxylic acids is 2. The van der Waals surface area contributed by atoms with E-state index in [9.17, 15) is 9.59 Å². The lowest BCUT2D eigenvalue weighted by Crippen LogP contribution is -2.48. The molecule has 158 valence electrons. The summed E-state index contributed by atoms with van der Waals surface area (Å²) in [6, 6.07) is 4.96. The molecule has 2 aliphatic heterocycles. The molecular formula is C21H29N3O5. The highest BCUT2D eigenvalue weighted by atomic mass is 16.5. The number of likely N-dealkylation sites (tertiary alicyclic amines) is 1. The number of methoxy groups -OCH3 is 2. The largest absolute Gasteiger partial charge is 0.497 e. The SMILES string of the molecule is COCCNC(=O)c1ccc(OC)cc1OC1CCN(C(=O)C2C=CCN2)CC1. The molecule has 1 fully saturated rings. The maximum absolute atomic E-state index is 12.5. The molecule has 2 amide bonds. The fourth-order valence-electron chi connectivity index (χ4n) is 3.48. The van der Waals surface area contributed by atoms with Gasteiger partial charge in [0.2, 0.25) is 5.91 Å². The number of rotatable bonds is 8. The average Bonchev–Trinajstić information content (AvgIpc) is 3.28. The zero-order valence-electron chi connectivity index (χ0n) is 17.0. The van der Waals surface area contributed by atoms with Crippen LogP contribution in [0.4, 0.5) is 0 Å². The molecule has 1 saturated heterocycles. The fraction of sp³-hybridized carbons (Fsp3) is 0.524. The van der Waals surface area contributed by atoms with Crippen LogP contribution in [-0.2, 0) is 9.53 Å². The zero-order valence-corrected chi connectivity index (χ0v) is 17.0. The monoisotopic (exact) mass is 403 g/mol. The van der Waals surface area contributed by atoms with Gasteiger partial charge in [0, 0.05) is 52.2 Å². The van der Waals surface area contributed by atoms with Gasteiger partial charge in [-0.15, -0.1) is 0 Å². The molecule has 0 aromatic heterocycles. The molecule has 1 unspecified atom stereocenters. The minimum Gasteiger partial charge on any atom is -0.497 e. The van der Waals surface area contributed by atoms with Gasteiger partial charge in [-0.1, -0.05) is 12.2 Å². The van der Waals surface area contributed by atoms with Crippen molar-refractivity contribution in [1.82, 2.24) is 15.5 Å². The molecule has 2 aliphatic rings. The smallest absolute Gasteiger partial charge is 0.255 e. The molecule has 0 saturated carbocycles. The van der Waals surface area contributed by atoms with Gasteiger partial charge in [-0.05, 0) is 12.1 Å². The molecule has 2 heterocycles. The van der Waals surface area contributed by atoms with E-state index in [4.69, 9.17) is 14.2 Å². The molecule has 1 aromatic carbocycles. The molecule has 2 N–H and O–H groups in total. The number of hydrogen-bond acceptors (Lipinski definition) is 6. The summed E-state index contributed by atoms with van der Waals surface area (Å²) in [6.45, 7) is 2.87. The number of hydrogen-bond donors (Lipinski definition) is 2. The Morgan fingerprint density at radius 1 is 1.24 bits per heavy atom. The number of ether oxygens (including phenoxy) is 3. The lowest BCUT2D eigenvalue weighted by Gasteiger charge is -2.33. The van der Waals surface area contributed by atoms with E-state index in [1.54, 1.807) is 32.4 Å². The second kappa shape index (κ2) is 10.3. The number of nitrogens with one attached hydrogen (secondary N) is 2. The van der Waals surface area contributed by atoms with Crippen molar-refractivity contribution in [3.8, 4) is 11.5 Å². The van der Waals surface area contributed by atoms with E-state index in [1.165, 1.54) is 0 Å². The molecule has 29 heavy (non-hydrogen) atoms. The van der Waals surface area contributed by atoms with Crippen LogP contribution in [0.15, 0.2) is 30.4 Å². The molecule has 1 atom stereocenters. The second-order valence-electron chi connectivity index (χ2n) is 7.07. The number of amides is 2. The lowest BCUT2D eigenvalue weighted by atomic mass is 10.1. The van der Waals surface area contributed by atoms with E-state index in [2.05, 4.69) is 10.6 Å². The van der Waals surface area contributed by atoms with E-state index in [-0.39, 0.29) is 24.0 Å². The van der Waals surface area contributed by atoms with Crippen molar-refractivity contribution < 1.29 is 23.8 Å². The van der Waals surface area contributed by atoms with Crippen molar-refractivity contribution >= 4 is 11.8 Å². The predicted molar refractivity (Wildman–Crippen MR) is 108 cm³/mol. The average molecular weight is 403 g/mol. The van der Waals surface area contributed by atoms with Crippen molar-refractivity contribution in [2.45, 2.75) is 25.0 Å². The van der Waals surface area contributed by atoms with Crippen molar-refractivity contribution in [2.75, 3.05) is 47.0 Å². The van der Waals surface area contributed by atoms with Gasteiger partial charge in [-0.25, -0.2) is 0 Å². The summed E-state index contributed by atoms with van der Waals surface area (Å²) in [5, 5.41) is 5.97. The summed E-state index contributed by atoms with van der Waals surface area (Å²) in [5.41, 5.74) is 0.459. The summed E-state index contributed by atoms with van der Waals surface area (Å²) < 4.78 is 16.4. The Bertz CT molecular complexity index is 744. The Kier molecular flexibility index (Phi) is 7.48. The fourth-order valence-corrected chi connectivity index (χ4v) is 3.48. The van der Waals surface area contributed by atoms with Crippen molar-refractivity contribution in [3.05, 3.63) is 35.9 Å². The number of carbonyl (C=O) groups is 2. The first-order valence-electron chi connectivity index (χ1n) is 9.93. The van der Waals surface area contributed by atoms with E-state index in [0.29, 0.717) is 56.1 Å². The third kappa shape index (κ3) is 5.48. The van der Waals surface area contributed by atoms with Crippen LogP contribution in [0.1, 0.15) is 23.2 Å². The summed E-state index contributed by atoms with van der Waals surface area (Å²) in [6.07, 6.45) is 5.24. The van der Waals surface area contributed by atoms with Gasteiger partial charge in [0.05, 0.1) is 19.3 Å². The maximum atomic E-state index is 12.5. The van der Waals surface area contributed by atoms with Crippen LogP contribution < -0.4 is 20.1 Å². The first kappa shape index (κ1) is 21.1. The maximum Gasteiger partial charge on any atom is 0.255 e. The summed E-state index contributed by atoms with van der Waals surface area (Å²) in [7, 11) is 3.16. The van der Waals surface area contributed by atoms with Crippen LogP contribution in [0.3, 0.4) is 0 Å². The van der Waals surface area contributed by atoms with Gasteiger partial charge in [0.25, 0.3) is 5.91 Å². The van der Waals surface area contributed by atoms with Gasteiger partial charge in [-0.2, -0.15) is 0 Å². The molecule has 0 spiro atoms. The molecule has 8 nitrogen and oxygen atoms in total. The topological polar surface area (TPSA) is 89.1 Å². The minimum absolute atomic E-state index is 0.0660. The Morgan fingerprint density at radius 3 is 2.69 bits per heavy atom. The van der Waals surface area contributed by atoms with E-state index < -0.39 is 0 Å². The zero-order chi connectivity index (χ0) is 20.6. The van der Waals surface area contributed by atoms with Crippen LogP contribution in [0.5, 0.6) is 11.5 Å². The Labute approximate surface area is 171 Å². The molecule has 1 aromatic rings. The number of nitrogens with zero attached hydrogens (tertiary/aromatic N) is 1. The Balaban J connectivity index is 1.61. The van der Waals surface area contributed by atoms with Crippen LogP contribution in [-0.4, -0.2) is 75.9 Å². The summed E-state index contributed by atoms with van der Waals surface area (Å²) >= 11 is 0. The Morgan fingerprint density at radius 2 is 2.03 bits per heavy atom. The van der Waals surface area contributed by atoms with Gasteiger partial charge in [-0.3, -0.25) is 14.9 Å². The van der Waals surface area contributed by atoms with Crippen LogP contribution >= 0.6 is 0 Å². The lowest BCUT2D eigenvalue weighted by molar-refractivity contribution is -0.133. The standard InChI is InChI=1S/C21H29N3O5/c1-27-13-10-23-20(25)17-6-5-16(28-2)14-19(17)29-15-7-11-24(12-8-15)21(26)18-4-3-9-22-18/h3-6,14-15,18,22H,7-13H2,1-2H3,(H,23,25). The van der Waals surface area contributed by atoms with Gasteiger partial charge in [0.15, 0.2) is 0 Å². The van der Waals surface area contributed by atoms with Crippen molar-refractivity contribution in [3.63, 3.8) is 0 Å². The predicted octanol–water partition coefficient (Wildman–Crippen LogP) is 0.969. The first-order valence-corrected chi connectivity index (χ1v) is 9.93. The Hall–Kier alpha value is -2.58. The van der Waals surface area contributed by atoms with Crippen LogP contribution in [0.25, 0.3) is 0 Å². The molecule has 0 bridgehead atoms. The molecule has 8 heteroatoms. The highest BCUT2D eigenvalue weighted by Gasteiger charge is 2.29.